The van der Waals surface area contributed by atoms with Gasteiger partial charge in [0.1, 0.15) is 5.76 Å². The van der Waals surface area contributed by atoms with Crippen LogP contribution in [0.3, 0.4) is 0 Å². The molecule has 1 aromatic rings. The Hall–Kier alpha value is -1.82. The van der Waals surface area contributed by atoms with Gasteiger partial charge in [-0.2, -0.15) is 0 Å². The van der Waals surface area contributed by atoms with E-state index in [0.717, 1.165) is 12.8 Å². The van der Waals surface area contributed by atoms with Gasteiger partial charge in [-0.15, -0.1) is 0 Å². The monoisotopic (exact) mass is 294 g/mol. The molecule has 0 atom stereocenters. The molecule has 116 valence electrons. The molecule has 2 rings (SSSR count). The number of carbonyl (C=O) groups is 2. The lowest BCUT2D eigenvalue weighted by atomic mass is 10.2. The molecule has 0 aliphatic heterocycles. The molecule has 1 fully saturated rings. The highest BCUT2D eigenvalue weighted by molar-refractivity contribution is 5.95. The van der Waals surface area contributed by atoms with Crippen LogP contribution in [0.15, 0.2) is 16.7 Å². The number of amides is 2. The summed E-state index contributed by atoms with van der Waals surface area (Å²) in [5, 5.41) is 2.76. The van der Waals surface area contributed by atoms with E-state index in [4.69, 9.17) is 9.15 Å². The maximum absolute atomic E-state index is 12.5. The molecule has 1 aromatic heterocycles. The molecule has 0 radical (unpaired) electrons. The first-order chi connectivity index (χ1) is 10.1. The number of furan rings is 1. The predicted molar refractivity (Wildman–Crippen MR) is 77.0 cm³/mol. The minimum atomic E-state index is -0.0607. The SMILES string of the molecule is COCCNC(=O)CCN(C(=O)c1ccoc1C)C1CC1. The number of hydrogen-bond donors (Lipinski definition) is 1. The summed E-state index contributed by atoms with van der Waals surface area (Å²) in [6, 6.07) is 1.95. The van der Waals surface area contributed by atoms with Crippen LogP contribution in [-0.4, -0.2) is 49.6 Å². The van der Waals surface area contributed by atoms with Crippen LogP contribution < -0.4 is 5.32 Å². The van der Waals surface area contributed by atoms with Crippen molar-refractivity contribution in [3.05, 3.63) is 23.7 Å². The fraction of sp³-hybridized carbons (Fsp3) is 0.600. The Kier molecular flexibility index (Phi) is 5.38. The summed E-state index contributed by atoms with van der Waals surface area (Å²) in [7, 11) is 1.59. The lowest BCUT2D eigenvalue weighted by Gasteiger charge is -2.22. The molecule has 1 N–H and O–H groups in total. The molecule has 0 unspecified atom stereocenters. The first-order valence-corrected chi connectivity index (χ1v) is 7.24. The van der Waals surface area contributed by atoms with Crippen molar-refractivity contribution in [2.24, 2.45) is 0 Å². The van der Waals surface area contributed by atoms with Crippen LogP contribution in [0.2, 0.25) is 0 Å². The summed E-state index contributed by atoms with van der Waals surface area (Å²) in [5.41, 5.74) is 0.585. The lowest BCUT2D eigenvalue weighted by molar-refractivity contribution is -0.121. The first kappa shape index (κ1) is 15.6. The van der Waals surface area contributed by atoms with E-state index < -0.39 is 0 Å². The standard InChI is InChI=1S/C15H22N2O4/c1-11-13(6-9-21-11)15(19)17(12-3-4-12)8-5-14(18)16-7-10-20-2/h6,9,12H,3-5,7-8,10H2,1-2H3,(H,16,18). The molecular formula is C15H22N2O4. The molecule has 21 heavy (non-hydrogen) atoms. The molecule has 6 heteroatoms. The van der Waals surface area contributed by atoms with E-state index in [-0.39, 0.29) is 17.9 Å². The van der Waals surface area contributed by atoms with Gasteiger partial charge in [0.2, 0.25) is 5.91 Å². The summed E-state index contributed by atoms with van der Waals surface area (Å²) < 4.78 is 10.1. The first-order valence-electron chi connectivity index (χ1n) is 7.24. The van der Waals surface area contributed by atoms with Gasteiger partial charge in [-0.25, -0.2) is 0 Å². The number of methoxy groups -OCH3 is 1. The van der Waals surface area contributed by atoms with Crippen molar-refractivity contribution in [1.82, 2.24) is 10.2 Å². The average Bonchev–Trinajstić information content (AvgIpc) is 3.20. The topological polar surface area (TPSA) is 71.8 Å². The Balaban J connectivity index is 1.87. The Morgan fingerprint density at radius 1 is 1.48 bits per heavy atom. The van der Waals surface area contributed by atoms with Crippen LogP contribution in [0.5, 0.6) is 0 Å². The predicted octanol–water partition coefficient (Wildman–Crippen LogP) is 1.35. The van der Waals surface area contributed by atoms with E-state index in [1.807, 2.05) is 0 Å². The molecule has 0 bridgehead atoms. The van der Waals surface area contributed by atoms with Crippen LogP contribution >= 0.6 is 0 Å². The van der Waals surface area contributed by atoms with Gasteiger partial charge >= 0.3 is 0 Å². The zero-order chi connectivity index (χ0) is 15.2. The molecular weight excluding hydrogens is 272 g/mol. The highest BCUT2D eigenvalue weighted by Crippen LogP contribution is 2.29. The molecule has 1 aliphatic rings. The number of nitrogens with one attached hydrogen (secondary N) is 1. The second-order valence-electron chi connectivity index (χ2n) is 5.21. The fourth-order valence-electron chi connectivity index (χ4n) is 2.20. The molecule has 0 spiro atoms. The van der Waals surface area contributed by atoms with Crippen LogP contribution in [0, 0.1) is 6.92 Å². The summed E-state index contributed by atoms with van der Waals surface area (Å²) in [4.78, 5) is 26.0. The van der Waals surface area contributed by atoms with E-state index in [9.17, 15) is 9.59 Å². The van der Waals surface area contributed by atoms with Gasteiger partial charge in [0.25, 0.3) is 5.91 Å². The summed E-state index contributed by atoms with van der Waals surface area (Å²) in [6.07, 6.45) is 3.84. The number of aryl methyl sites for hydroxylation is 1. The molecule has 2 amide bonds. The molecule has 1 saturated carbocycles. The third kappa shape index (κ3) is 4.32. The minimum Gasteiger partial charge on any atom is -0.469 e. The average molecular weight is 294 g/mol. The van der Waals surface area contributed by atoms with E-state index >= 15 is 0 Å². The second kappa shape index (κ2) is 7.26. The summed E-state index contributed by atoms with van der Waals surface area (Å²) in [5.74, 6) is 0.512. The molecule has 1 aliphatic carbocycles. The van der Waals surface area contributed by atoms with Gasteiger partial charge in [0.05, 0.1) is 18.4 Å². The van der Waals surface area contributed by atoms with Crippen molar-refractivity contribution in [3.8, 4) is 0 Å². The van der Waals surface area contributed by atoms with Gasteiger partial charge in [-0.05, 0) is 25.8 Å². The van der Waals surface area contributed by atoms with Gasteiger partial charge in [-0.1, -0.05) is 0 Å². The van der Waals surface area contributed by atoms with Crippen molar-refractivity contribution >= 4 is 11.8 Å². The largest absolute Gasteiger partial charge is 0.469 e. The Morgan fingerprint density at radius 2 is 2.24 bits per heavy atom. The lowest BCUT2D eigenvalue weighted by Crippen LogP contribution is -2.37. The summed E-state index contributed by atoms with van der Waals surface area (Å²) >= 11 is 0. The highest BCUT2D eigenvalue weighted by Gasteiger charge is 2.34. The number of hydrogen-bond acceptors (Lipinski definition) is 4. The van der Waals surface area contributed by atoms with Crippen molar-refractivity contribution in [1.29, 1.82) is 0 Å². The Bertz CT molecular complexity index is 494. The number of nitrogens with zero attached hydrogens (tertiary/aromatic N) is 1. The number of ether oxygens (including phenoxy) is 1. The van der Waals surface area contributed by atoms with Crippen LogP contribution in [0.1, 0.15) is 35.4 Å². The number of rotatable bonds is 8. The maximum Gasteiger partial charge on any atom is 0.257 e. The van der Waals surface area contributed by atoms with Gasteiger partial charge < -0.3 is 19.4 Å². The van der Waals surface area contributed by atoms with Crippen molar-refractivity contribution in [2.45, 2.75) is 32.2 Å². The van der Waals surface area contributed by atoms with Crippen LogP contribution in [-0.2, 0) is 9.53 Å². The highest BCUT2D eigenvalue weighted by atomic mass is 16.5. The van der Waals surface area contributed by atoms with Gasteiger partial charge in [0, 0.05) is 32.7 Å². The maximum atomic E-state index is 12.5. The molecule has 0 saturated heterocycles. The molecule has 0 aromatic carbocycles. The number of carbonyl (C=O) groups excluding carboxylic acids is 2. The van der Waals surface area contributed by atoms with Gasteiger partial charge in [0.15, 0.2) is 0 Å². The van der Waals surface area contributed by atoms with E-state index in [2.05, 4.69) is 5.32 Å². The Labute approximate surface area is 124 Å². The third-order valence-corrected chi connectivity index (χ3v) is 3.55. The summed E-state index contributed by atoms with van der Waals surface area (Å²) in [6.45, 7) is 3.20. The zero-order valence-electron chi connectivity index (χ0n) is 12.6. The van der Waals surface area contributed by atoms with E-state index in [1.54, 1.807) is 25.0 Å². The van der Waals surface area contributed by atoms with Crippen LogP contribution in [0.25, 0.3) is 0 Å². The smallest absolute Gasteiger partial charge is 0.257 e. The van der Waals surface area contributed by atoms with Crippen molar-refractivity contribution in [2.75, 3.05) is 26.8 Å². The van der Waals surface area contributed by atoms with E-state index in [0.29, 0.717) is 37.4 Å². The molecule has 6 nitrogen and oxygen atoms in total. The van der Waals surface area contributed by atoms with Crippen LogP contribution in [0.4, 0.5) is 0 Å². The second-order valence-corrected chi connectivity index (χ2v) is 5.21. The quantitative estimate of drug-likeness (QED) is 0.735. The zero-order valence-corrected chi connectivity index (χ0v) is 12.6. The minimum absolute atomic E-state index is 0.0477. The molecule has 1 heterocycles. The van der Waals surface area contributed by atoms with Crippen molar-refractivity contribution < 1.29 is 18.7 Å². The fourth-order valence-corrected chi connectivity index (χ4v) is 2.20. The Morgan fingerprint density at radius 3 is 2.81 bits per heavy atom. The van der Waals surface area contributed by atoms with E-state index in [1.165, 1.54) is 6.26 Å². The van der Waals surface area contributed by atoms with Crippen molar-refractivity contribution in [3.63, 3.8) is 0 Å². The van der Waals surface area contributed by atoms with Gasteiger partial charge in [-0.3, -0.25) is 9.59 Å². The third-order valence-electron chi connectivity index (χ3n) is 3.55. The normalized spacial score (nSPS) is 14.0.